The lowest BCUT2D eigenvalue weighted by molar-refractivity contribution is 0.660. The Morgan fingerprint density at radius 1 is 1.47 bits per heavy atom. The number of rotatable bonds is 3. The lowest BCUT2D eigenvalue weighted by atomic mass is 10.5. The number of aromatic nitrogens is 4. The van der Waals surface area contributed by atoms with Gasteiger partial charge in [0, 0.05) is 18.9 Å². The fraction of sp³-hybridized carbons (Fsp3) is 0.300. The van der Waals surface area contributed by atoms with E-state index in [0.717, 1.165) is 23.9 Å². The van der Waals surface area contributed by atoms with Crippen molar-refractivity contribution in [3.8, 4) is 0 Å². The minimum Gasteiger partial charge on any atom is -0.338 e. The molecule has 0 amide bonds. The molecule has 2 heterocycles. The molecule has 78 valence electrons. The van der Waals surface area contributed by atoms with Crippen molar-refractivity contribution < 1.29 is 0 Å². The molecule has 2 aromatic rings. The maximum Gasteiger partial charge on any atom is 0.134 e. The summed E-state index contributed by atoms with van der Waals surface area (Å²) in [4.78, 5) is 8.28. The van der Waals surface area contributed by atoms with Crippen molar-refractivity contribution >= 4 is 11.5 Å². The molecular formula is C10H13N5. The first kappa shape index (κ1) is 9.64. The summed E-state index contributed by atoms with van der Waals surface area (Å²) >= 11 is 0. The van der Waals surface area contributed by atoms with Gasteiger partial charge in [0.15, 0.2) is 0 Å². The summed E-state index contributed by atoms with van der Waals surface area (Å²) in [5.41, 5.74) is 0.940. The number of aryl methyl sites for hydroxylation is 2. The van der Waals surface area contributed by atoms with Gasteiger partial charge in [-0.25, -0.2) is 9.97 Å². The van der Waals surface area contributed by atoms with Gasteiger partial charge in [0.1, 0.15) is 11.6 Å². The van der Waals surface area contributed by atoms with Crippen LogP contribution < -0.4 is 5.32 Å². The van der Waals surface area contributed by atoms with Crippen molar-refractivity contribution in [2.75, 3.05) is 5.32 Å². The highest BCUT2D eigenvalue weighted by molar-refractivity contribution is 5.53. The first-order valence-electron chi connectivity index (χ1n) is 4.87. The van der Waals surface area contributed by atoms with Gasteiger partial charge in [-0.1, -0.05) is 0 Å². The van der Waals surface area contributed by atoms with Gasteiger partial charge < -0.3 is 5.32 Å². The molecule has 15 heavy (non-hydrogen) atoms. The summed E-state index contributed by atoms with van der Waals surface area (Å²) in [6, 6.07) is 1.83. The molecule has 2 aromatic heterocycles. The van der Waals surface area contributed by atoms with E-state index in [1.807, 2.05) is 30.8 Å². The predicted molar refractivity (Wildman–Crippen MR) is 58.0 cm³/mol. The fourth-order valence-corrected chi connectivity index (χ4v) is 1.27. The molecule has 0 saturated heterocycles. The van der Waals surface area contributed by atoms with Gasteiger partial charge in [-0.15, -0.1) is 0 Å². The molecule has 0 unspecified atom stereocenters. The average molecular weight is 203 g/mol. The van der Waals surface area contributed by atoms with Gasteiger partial charge in [0.2, 0.25) is 0 Å². The van der Waals surface area contributed by atoms with E-state index in [9.17, 15) is 0 Å². The Hall–Kier alpha value is -1.91. The van der Waals surface area contributed by atoms with Crippen LogP contribution in [0.5, 0.6) is 0 Å². The average Bonchev–Trinajstić information content (AvgIpc) is 2.65. The molecule has 0 aliphatic rings. The number of hydrogen-bond donors (Lipinski definition) is 1. The third-order valence-electron chi connectivity index (χ3n) is 2.01. The van der Waals surface area contributed by atoms with Crippen molar-refractivity contribution in [3.05, 3.63) is 30.5 Å². The highest BCUT2D eigenvalue weighted by Crippen LogP contribution is 2.12. The van der Waals surface area contributed by atoms with Crippen molar-refractivity contribution in [1.82, 2.24) is 19.7 Å². The Morgan fingerprint density at radius 3 is 3.00 bits per heavy atom. The lowest BCUT2D eigenvalue weighted by Crippen LogP contribution is -1.95. The molecule has 0 saturated carbocycles. The smallest absolute Gasteiger partial charge is 0.134 e. The van der Waals surface area contributed by atoms with Crippen LogP contribution in [0.4, 0.5) is 11.5 Å². The molecule has 1 N–H and O–H groups in total. The lowest BCUT2D eigenvalue weighted by Gasteiger charge is -2.01. The van der Waals surface area contributed by atoms with Gasteiger partial charge in [-0.2, -0.15) is 5.10 Å². The number of hydrogen-bond acceptors (Lipinski definition) is 4. The van der Waals surface area contributed by atoms with E-state index in [0.29, 0.717) is 0 Å². The second-order valence-electron chi connectivity index (χ2n) is 3.20. The SMILES string of the molecule is CCn1cc(Nc2ccnc(C)n2)cn1. The van der Waals surface area contributed by atoms with Gasteiger partial charge in [0.05, 0.1) is 11.9 Å². The molecule has 0 atom stereocenters. The van der Waals surface area contributed by atoms with E-state index in [-0.39, 0.29) is 0 Å². The van der Waals surface area contributed by atoms with Gasteiger partial charge >= 0.3 is 0 Å². The van der Waals surface area contributed by atoms with Crippen LogP contribution in [0.2, 0.25) is 0 Å². The molecule has 0 radical (unpaired) electrons. The third-order valence-corrected chi connectivity index (χ3v) is 2.01. The Labute approximate surface area is 88.2 Å². The zero-order valence-corrected chi connectivity index (χ0v) is 8.81. The first-order chi connectivity index (χ1) is 7.28. The van der Waals surface area contributed by atoms with Crippen LogP contribution in [0.25, 0.3) is 0 Å². The molecule has 0 fully saturated rings. The standard InChI is InChI=1S/C10H13N5/c1-3-15-7-9(6-12-15)14-10-4-5-11-8(2)13-10/h4-7H,3H2,1-2H3,(H,11,13,14). The van der Waals surface area contributed by atoms with Crippen molar-refractivity contribution in [3.63, 3.8) is 0 Å². The summed E-state index contributed by atoms with van der Waals surface area (Å²) in [5, 5.41) is 7.33. The number of nitrogens with zero attached hydrogens (tertiary/aromatic N) is 4. The Bertz CT molecular complexity index is 449. The van der Waals surface area contributed by atoms with Crippen LogP contribution in [0, 0.1) is 6.92 Å². The van der Waals surface area contributed by atoms with E-state index >= 15 is 0 Å². The zero-order valence-electron chi connectivity index (χ0n) is 8.81. The molecule has 2 rings (SSSR count). The van der Waals surface area contributed by atoms with E-state index in [4.69, 9.17) is 0 Å². The van der Waals surface area contributed by atoms with Crippen molar-refractivity contribution in [2.24, 2.45) is 0 Å². The molecular weight excluding hydrogens is 190 g/mol. The fourth-order valence-electron chi connectivity index (χ4n) is 1.27. The van der Waals surface area contributed by atoms with Gasteiger partial charge in [0.25, 0.3) is 0 Å². The van der Waals surface area contributed by atoms with Crippen LogP contribution in [-0.2, 0) is 6.54 Å². The molecule has 0 aliphatic heterocycles. The molecule has 5 nitrogen and oxygen atoms in total. The van der Waals surface area contributed by atoms with Gasteiger partial charge in [-0.3, -0.25) is 4.68 Å². The van der Waals surface area contributed by atoms with E-state index in [1.165, 1.54) is 0 Å². The van der Waals surface area contributed by atoms with Crippen LogP contribution >= 0.6 is 0 Å². The molecule has 0 aromatic carbocycles. The second-order valence-corrected chi connectivity index (χ2v) is 3.20. The first-order valence-corrected chi connectivity index (χ1v) is 4.87. The largest absolute Gasteiger partial charge is 0.338 e. The van der Waals surface area contributed by atoms with Crippen molar-refractivity contribution in [1.29, 1.82) is 0 Å². The summed E-state index contributed by atoms with van der Waals surface area (Å²) < 4.78 is 1.86. The minimum absolute atomic E-state index is 0.753. The maximum atomic E-state index is 4.24. The topological polar surface area (TPSA) is 55.6 Å². The summed E-state index contributed by atoms with van der Waals surface area (Å²) in [5.74, 6) is 1.54. The minimum atomic E-state index is 0.753. The second kappa shape index (κ2) is 4.08. The summed E-state index contributed by atoms with van der Waals surface area (Å²) in [6.07, 6.45) is 5.45. The normalized spacial score (nSPS) is 10.3. The van der Waals surface area contributed by atoms with E-state index in [1.54, 1.807) is 12.4 Å². The zero-order chi connectivity index (χ0) is 10.7. The molecule has 5 heteroatoms. The van der Waals surface area contributed by atoms with E-state index < -0.39 is 0 Å². The van der Waals surface area contributed by atoms with Crippen LogP contribution in [0.1, 0.15) is 12.7 Å². The molecule has 0 bridgehead atoms. The summed E-state index contributed by atoms with van der Waals surface area (Å²) in [7, 11) is 0. The summed E-state index contributed by atoms with van der Waals surface area (Å²) in [6.45, 7) is 4.77. The monoisotopic (exact) mass is 203 g/mol. The highest BCUT2D eigenvalue weighted by atomic mass is 15.3. The third kappa shape index (κ3) is 2.31. The van der Waals surface area contributed by atoms with Crippen LogP contribution in [-0.4, -0.2) is 19.7 Å². The van der Waals surface area contributed by atoms with E-state index in [2.05, 4.69) is 20.4 Å². The predicted octanol–water partition coefficient (Wildman–Crippen LogP) is 1.75. The Kier molecular flexibility index (Phi) is 2.62. The number of nitrogens with one attached hydrogen (secondary N) is 1. The van der Waals surface area contributed by atoms with Crippen LogP contribution in [0.3, 0.4) is 0 Å². The molecule has 0 spiro atoms. The molecule has 0 aliphatic carbocycles. The Balaban J connectivity index is 2.14. The van der Waals surface area contributed by atoms with Crippen LogP contribution in [0.15, 0.2) is 24.7 Å². The highest BCUT2D eigenvalue weighted by Gasteiger charge is 1.99. The van der Waals surface area contributed by atoms with Crippen molar-refractivity contribution in [2.45, 2.75) is 20.4 Å². The number of anilines is 2. The quantitative estimate of drug-likeness (QED) is 0.825. The Morgan fingerprint density at radius 2 is 2.33 bits per heavy atom. The maximum absolute atomic E-state index is 4.24. The van der Waals surface area contributed by atoms with Gasteiger partial charge in [-0.05, 0) is 19.9 Å².